The van der Waals surface area contributed by atoms with Crippen LogP contribution in [-0.2, 0) is 6.54 Å². The topological polar surface area (TPSA) is 51.9 Å². The third-order valence-electron chi connectivity index (χ3n) is 4.03. The first-order valence-electron chi connectivity index (χ1n) is 8.00. The van der Waals surface area contributed by atoms with Gasteiger partial charge in [-0.25, -0.2) is 0 Å². The zero-order valence-electron chi connectivity index (χ0n) is 13.7. The lowest BCUT2D eigenvalue weighted by Gasteiger charge is -2.24. The monoisotopic (exact) mass is 355 g/mol. The van der Waals surface area contributed by atoms with Crippen molar-refractivity contribution in [1.29, 1.82) is 0 Å². The largest absolute Gasteiger partial charge is 0.486 e. The van der Waals surface area contributed by atoms with Crippen molar-refractivity contribution >= 4 is 22.9 Å². The van der Waals surface area contributed by atoms with Gasteiger partial charge in [-0.1, -0.05) is 6.07 Å². The van der Waals surface area contributed by atoms with Crippen molar-refractivity contribution < 1.29 is 18.7 Å². The van der Waals surface area contributed by atoms with Crippen molar-refractivity contribution in [3.63, 3.8) is 0 Å². The molecule has 0 atom stereocenters. The predicted molar refractivity (Wildman–Crippen MR) is 95.7 cm³/mol. The van der Waals surface area contributed by atoms with Crippen LogP contribution in [0.3, 0.4) is 0 Å². The summed E-state index contributed by atoms with van der Waals surface area (Å²) < 4.78 is 16.6. The molecule has 0 N–H and O–H groups in total. The minimum atomic E-state index is -0.174. The lowest BCUT2D eigenvalue weighted by Crippen LogP contribution is -2.30. The average molecular weight is 355 g/mol. The first-order valence-corrected chi connectivity index (χ1v) is 8.88. The number of benzene rings is 1. The summed E-state index contributed by atoms with van der Waals surface area (Å²) in [4.78, 5) is 15.9. The number of fused-ring (bicyclic) bond motifs is 1. The van der Waals surface area contributed by atoms with Crippen LogP contribution in [0.25, 0.3) is 0 Å². The van der Waals surface area contributed by atoms with Crippen molar-refractivity contribution in [3.8, 4) is 11.5 Å². The number of thiophene rings is 1. The first-order chi connectivity index (χ1) is 12.2. The number of amides is 1. The molecular formula is C19H17NO4S. The van der Waals surface area contributed by atoms with Crippen LogP contribution in [0.2, 0.25) is 0 Å². The van der Waals surface area contributed by atoms with Crippen LogP contribution >= 0.6 is 11.3 Å². The summed E-state index contributed by atoms with van der Waals surface area (Å²) in [5, 5.41) is 2.00. The van der Waals surface area contributed by atoms with Crippen molar-refractivity contribution in [2.75, 3.05) is 18.1 Å². The van der Waals surface area contributed by atoms with Crippen LogP contribution in [0, 0.1) is 6.92 Å². The molecule has 1 aliphatic heterocycles. The lowest BCUT2D eigenvalue weighted by molar-refractivity contribution is 0.0957. The van der Waals surface area contributed by atoms with E-state index in [4.69, 9.17) is 13.9 Å². The number of hydrogen-bond donors (Lipinski definition) is 0. The second-order valence-electron chi connectivity index (χ2n) is 5.73. The van der Waals surface area contributed by atoms with E-state index in [2.05, 4.69) is 0 Å². The van der Waals surface area contributed by atoms with Gasteiger partial charge < -0.3 is 18.8 Å². The zero-order valence-corrected chi connectivity index (χ0v) is 14.5. The molecule has 5 nitrogen and oxygen atoms in total. The number of carbonyl (C=O) groups is 1. The predicted octanol–water partition coefficient (Wildman–Crippen LogP) is 4.27. The highest BCUT2D eigenvalue weighted by Crippen LogP contribution is 2.35. The van der Waals surface area contributed by atoms with Gasteiger partial charge in [-0.2, -0.15) is 0 Å². The number of aryl methyl sites for hydroxylation is 1. The zero-order chi connectivity index (χ0) is 17.2. The van der Waals surface area contributed by atoms with E-state index < -0.39 is 0 Å². The molecule has 1 amide bonds. The highest BCUT2D eigenvalue weighted by atomic mass is 32.1. The van der Waals surface area contributed by atoms with Gasteiger partial charge in [0.25, 0.3) is 5.91 Å². The number of carbonyl (C=O) groups excluding carboxylic acids is 1. The quantitative estimate of drug-likeness (QED) is 0.701. The Balaban J connectivity index is 1.72. The molecule has 3 heterocycles. The van der Waals surface area contributed by atoms with E-state index in [-0.39, 0.29) is 5.91 Å². The maximum atomic E-state index is 13.1. The third-order valence-corrected chi connectivity index (χ3v) is 4.89. The number of rotatable bonds is 4. The maximum Gasteiger partial charge on any atom is 0.294 e. The van der Waals surface area contributed by atoms with E-state index in [1.165, 1.54) is 6.26 Å². The molecule has 128 valence electrons. The summed E-state index contributed by atoms with van der Waals surface area (Å²) >= 11 is 1.61. The Morgan fingerprint density at radius 2 is 2.00 bits per heavy atom. The van der Waals surface area contributed by atoms with Crippen LogP contribution in [0.5, 0.6) is 11.5 Å². The summed E-state index contributed by atoms with van der Waals surface area (Å²) in [5.74, 6) is 1.54. The lowest BCUT2D eigenvalue weighted by atomic mass is 10.2. The molecule has 25 heavy (non-hydrogen) atoms. The fraction of sp³-hybridized carbons (Fsp3) is 0.211. The average Bonchev–Trinajstić information content (AvgIpc) is 3.30. The summed E-state index contributed by atoms with van der Waals surface area (Å²) in [6.45, 7) is 3.38. The SMILES string of the molecule is Cc1ccoc1C(=O)N(Cc1cccs1)c1ccc2c(c1)OCCO2. The fourth-order valence-electron chi connectivity index (χ4n) is 2.75. The Morgan fingerprint density at radius 3 is 2.72 bits per heavy atom. The number of nitrogens with zero attached hydrogens (tertiary/aromatic N) is 1. The van der Waals surface area contributed by atoms with Crippen molar-refractivity contribution in [2.24, 2.45) is 0 Å². The molecule has 1 aromatic carbocycles. The smallest absolute Gasteiger partial charge is 0.294 e. The molecule has 3 aromatic rings. The van der Waals surface area contributed by atoms with Crippen LogP contribution in [0.15, 0.2) is 52.5 Å². The normalized spacial score (nSPS) is 12.8. The number of furan rings is 1. The Bertz CT molecular complexity index is 885. The molecule has 0 saturated carbocycles. The number of hydrogen-bond acceptors (Lipinski definition) is 5. The van der Waals surface area contributed by atoms with Gasteiger partial charge in [0.05, 0.1) is 12.8 Å². The van der Waals surface area contributed by atoms with E-state index >= 15 is 0 Å². The molecule has 0 radical (unpaired) electrons. The van der Waals surface area contributed by atoms with Crippen molar-refractivity contribution in [3.05, 3.63) is 64.2 Å². The highest BCUT2D eigenvalue weighted by molar-refractivity contribution is 7.09. The van der Waals surface area contributed by atoms with Crippen molar-refractivity contribution in [1.82, 2.24) is 0 Å². The van der Waals surface area contributed by atoms with Crippen LogP contribution in [0.4, 0.5) is 5.69 Å². The molecule has 1 aliphatic rings. The number of anilines is 1. The summed E-state index contributed by atoms with van der Waals surface area (Å²) in [5.41, 5.74) is 1.57. The summed E-state index contributed by atoms with van der Waals surface area (Å²) in [6.07, 6.45) is 1.54. The Labute approximate surface area is 149 Å². The molecular weight excluding hydrogens is 338 g/mol. The van der Waals surface area contributed by atoms with E-state index in [9.17, 15) is 4.79 Å². The van der Waals surface area contributed by atoms with Gasteiger partial charge in [-0.05, 0) is 36.6 Å². The Morgan fingerprint density at radius 1 is 1.16 bits per heavy atom. The van der Waals surface area contributed by atoms with Crippen LogP contribution in [0.1, 0.15) is 21.0 Å². The van der Waals surface area contributed by atoms with E-state index in [0.717, 1.165) is 16.1 Å². The van der Waals surface area contributed by atoms with E-state index in [1.54, 1.807) is 22.3 Å². The molecule has 4 rings (SSSR count). The maximum absolute atomic E-state index is 13.1. The molecule has 0 unspecified atom stereocenters. The minimum absolute atomic E-state index is 0.174. The van der Waals surface area contributed by atoms with E-state index in [0.29, 0.717) is 37.0 Å². The van der Waals surface area contributed by atoms with Gasteiger partial charge in [0.15, 0.2) is 17.3 Å². The summed E-state index contributed by atoms with van der Waals surface area (Å²) in [6, 6.07) is 11.3. The standard InChI is InChI=1S/C19H17NO4S/c1-13-6-7-24-18(13)19(21)20(12-15-3-2-10-25-15)14-4-5-16-17(11-14)23-9-8-22-16/h2-7,10-11H,8-9,12H2,1H3. The molecule has 2 aromatic heterocycles. The Kier molecular flexibility index (Phi) is 4.19. The molecule has 0 spiro atoms. The molecule has 0 aliphatic carbocycles. The number of ether oxygens (including phenoxy) is 2. The minimum Gasteiger partial charge on any atom is -0.486 e. The third kappa shape index (κ3) is 3.13. The highest BCUT2D eigenvalue weighted by Gasteiger charge is 2.24. The van der Waals surface area contributed by atoms with Gasteiger partial charge in [0.1, 0.15) is 13.2 Å². The summed E-state index contributed by atoms with van der Waals surface area (Å²) in [7, 11) is 0. The second kappa shape index (κ2) is 6.64. The fourth-order valence-corrected chi connectivity index (χ4v) is 3.45. The van der Waals surface area contributed by atoms with Gasteiger partial charge in [-0.15, -0.1) is 11.3 Å². The molecule has 0 bridgehead atoms. The van der Waals surface area contributed by atoms with Gasteiger partial charge in [0, 0.05) is 22.2 Å². The molecule has 0 fully saturated rings. The second-order valence-corrected chi connectivity index (χ2v) is 6.76. The van der Waals surface area contributed by atoms with Gasteiger partial charge >= 0.3 is 0 Å². The van der Waals surface area contributed by atoms with Gasteiger partial charge in [-0.3, -0.25) is 4.79 Å². The van der Waals surface area contributed by atoms with Crippen LogP contribution < -0.4 is 14.4 Å². The first kappa shape index (κ1) is 15.8. The molecule has 0 saturated heterocycles. The Hall–Kier alpha value is -2.73. The van der Waals surface area contributed by atoms with Crippen LogP contribution in [-0.4, -0.2) is 19.1 Å². The molecule has 6 heteroatoms. The van der Waals surface area contributed by atoms with Crippen molar-refractivity contribution in [2.45, 2.75) is 13.5 Å². The van der Waals surface area contributed by atoms with E-state index in [1.807, 2.05) is 42.6 Å². The van der Waals surface area contributed by atoms with Gasteiger partial charge in [0.2, 0.25) is 0 Å².